The fraction of sp³-hybridized carbons (Fsp3) is 0.343. The summed E-state index contributed by atoms with van der Waals surface area (Å²) in [6.45, 7) is 18.0. The van der Waals surface area contributed by atoms with Crippen LogP contribution in [0.15, 0.2) is 111 Å². The first-order chi connectivity index (χ1) is 16.7. The average Bonchev–Trinajstić information content (AvgIpc) is 2.81. The Hall–Kier alpha value is -3.37. The van der Waals surface area contributed by atoms with Gasteiger partial charge in [-0.2, -0.15) is 0 Å². The number of terminal acetylenes is 1. The standard InChI is InChI=1S/C35H36O/c1-10-22-16-26-17-24(32(2,3)4)18-27-19-28(31(36)23-14-12-11-13-15-23)30-21-25(33(5,6)7)20-29(22)35(30,9)34(26,27)8/h1,11-21H,2-9H3/t34-,35-/m0/s1. The van der Waals surface area contributed by atoms with Gasteiger partial charge < -0.3 is 0 Å². The van der Waals surface area contributed by atoms with Gasteiger partial charge in [-0.25, -0.2) is 0 Å². The highest BCUT2D eigenvalue weighted by Crippen LogP contribution is 2.68. The summed E-state index contributed by atoms with van der Waals surface area (Å²) in [5, 5.41) is 0. The fourth-order valence-corrected chi connectivity index (χ4v) is 6.19. The van der Waals surface area contributed by atoms with E-state index in [4.69, 9.17) is 6.42 Å². The molecule has 1 nitrogen and oxygen atoms in total. The Morgan fingerprint density at radius 1 is 0.750 bits per heavy atom. The van der Waals surface area contributed by atoms with Crippen molar-refractivity contribution in [1.82, 2.24) is 0 Å². The molecule has 4 aliphatic carbocycles. The number of ketones is 1. The van der Waals surface area contributed by atoms with Crippen molar-refractivity contribution in [3.8, 4) is 12.3 Å². The Morgan fingerprint density at radius 3 is 1.92 bits per heavy atom. The molecule has 0 spiro atoms. The van der Waals surface area contributed by atoms with Crippen LogP contribution in [0, 0.1) is 34.0 Å². The summed E-state index contributed by atoms with van der Waals surface area (Å²) in [5.41, 5.74) is 8.55. The molecule has 0 bridgehead atoms. The van der Waals surface area contributed by atoms with Gasteiger partial charge in [-0.05, 0) is 56.4 Å². The highest BCUT2D eigenvalue weighted by molar-refractivity contribution is 6.12. The first-order valence-electron chi connectivity index (χ1n) is 12.9. The van der Waals surface area contributed by atoms with Crippen LogP contribution in [0.5, 0.6) is 0 Å². The largest absolute Gasteiger partial charge is 0.289 e. The van der Waals surface area contributed by atoms with Crippen LogP contribution >= 0.6 is 0 Å². The number of hydrogen-bond donors (Lipinski definition) is 0. The number of Topliss-reactive ketones (excluding diaryl/α,β-unsaturated/α-hetero) is 1. The Bertz CT molecular complexity index is 1460. The highest BCUT2D eigenvalue weighted by Gasteiger charge is 2.59. The van der Waals surface area contributed by atoms with E-state index >= 15 is 0 Å². The summed E-state index contributed by atoms with van der Waals surface area (Å²) in [4.78, 5) is 14.1. The molecule has 4 aliphatic rings. The molecule has 0 saturated carbocycles. The van der Waals surface area contributed by atoms with Crippen molar-refractivity contribution in [2.24, 2.45) is 21.7 Å². The molecule has 0 N–H and O–H groups in total. The molecule has 0 fully saturated rings. The third kappa shape index (κ3) is 3.20. The maximum absolute atomic E-state index is 14.1. The van der Waals surface area contributed by atoms with E-state index in [-0.39, 0.29) is 22.0 Å². The molecule has 0 aromatic heterocycles. The monoisotopic (exact) mass is 472 g/mol. The number of benzene rings is 1. The molecule has 0 saturated heterocycles. The summed E-state index contributed by atoms with van der Waals surface area (Å²) in [6.07, 6.45) is 19.8. The van der Waals surface area contributed by atoms with E-state index in [2.05, 4.69) is 97.8 Å². The Balaban J connectivity index is 1.93. The molecule has 1 aromatic carbocycles. The summed E-state index contributed by atoms with van der Waals surface area (Å²) in [6, 6.07) is 9.64. The minimum Gasteiger partial charge on any atom is -0.289 e. The molecule has 0 heterocycles. The van der Waals surface area contributed by atoms with Crippen LogP contribution in [0.3, 0.4) is 0 Å². The lowest BCUT2D eigenvalue weighted by atomic mass is 9.43. The molecule has 0 radical (unpaired) electrons. The van der Waals surface area contributed by atoms with Gasteiger partial charge in [0, 0.05) is 27.5 Å². The molecule has 182 valence electrons. The van der Waals surface area contributed by atoms with Gasteiger partial charge in [0.1, 0.15) is 0 Å². The normalized spacial score (nSPS) is 27.0. The third-order valence-corrected chi connectivity index (χ3v) is 8.80. The van der Waals surface area contributed by atoms with Gasteiger partial charge in [0.05, 0.1) is 0 Å². The van der Waals surface area contributed by atoms with Gasteiger partial charge in [-0.3, -0.25) is 4.79 Å². The van der Waals surface area contributed by atoms with Gasteiger partial charge >= 0.3 is 0 Å². The number of carbonyl (C=O) groups excluding carboxylic acids is 1. The van der Waals surface area contributed by atoms with Crippen LogP contribution in [0.25, 0.3) is 0 Å². The van der Waals surface area contributed by atoms with Crippen LogP contribution in [0.2, 0.25) is 0 Å². The van der Waals surface area contributed by atoms with Crippen molar-refractivity contribution >= 4 is 5.78 Å². The van der Waals surface area contributed by atoms with Gasteiger partial charge in [-0.1, -0.05) is 116 Å². The summed E-state index contributed by atoms with van der Waals surface area (Å²) in [7, 11) is 0. The minimum absolute atomic E-state index is 0.0319. The lowest BCUT2D eigenvalue weighted by Crippen LogP contribution is -2.50. The van der Waals surface area contributed by atoms with Crippen molar-refractivity contribution in [2.45, 2.75) is 55.4 Å². The lowest BCUT2D eigenvalue weighted by Gasteiger charge is -2.58. The van der Waals surface area contributed by atoms with E-state index in [9.17, 15) is 4.79 Å². The van der Waals surface area contributed by atoms with E-state index in [0.717, 1.165) is 22.3 Å². The first kappa shape index (κ1) is 24.3. The van der Waals surface area contributed by atoms with Crippen molar-refractivity contribution in [3.05, 3.63) is 117 Å². The van der Waals surface area contributed by atoms with Crippen LogP contribution in [-0.2, 0) is 0 Å². The zero-order valence-corrected chi connectivity index (χ0v) is 22.8. The Kier molecular flexibility index (Phi) is 5.11. The minimum atomic E-state index is -0.464. The smallest absolute Gasteiger partial charge is 0.193 e. The third-order valence-electron chi connectivity index (χ3n) is 8.80. The number of hydrogen-bond acceptors (Lipinski definition) is 1. The van der Waals surface area contributed by atoms with E-state index in [1.165, 1.54) is 22.3 Å². The zero-order chi connectivity index (χ0) is 26.3. The van der Waals surface area contributed by atoms with Gasteiger partial charge in [0.25, 0.3) is 0 Å². The topological polar surface area (TPSA) is 17.1 Å². The second kappa shape index (κ2) is 7.57. The Morgan fingerprint density at radius 2 is 1.33 bits per heavy atom. The second-order valence-corrected chi connectivity index (χ2v) is 12.9. The highest BCUT2D eigenvalue weighted by atomic mass is 16.1. The molecular weight excluding hydrogens is 436 g/mol. The van der Waals surface area contributed by atoms with Crippen molar-refractivity contribution in [1.29, 1.82) is 0 Å². The molecule has 0 amide bonds. The van der Waals surface area contributed by atoms with Crippen molar-refractivity contribution in [2.75, 3.05) is 0 Å². The van der Waals surface area contributed by atoms with Crippen molar-refractivity contribution in [3.63, 3.8) is 0 Å². The summed E-state index contributed by atoms with van der Waals surface area (Å²) < 4.78 is 0. The molecule has 1 aromatic rings. The maximum atomic E-state index is 14.1. The number of carbonyl (C=O) groups is 1. The number of allylic oxidation sites excluding steroid dienone is 14. The van der Waals surface area contributed by atoms with Crippen LogP contribution in [0.4, 0.5) is 0 Å². The molecular formula is C35H36O. The first-order valence-corrected chi connectivity index (χ1v) is 12.9. The second-order valence-electron chi connectivity index (χ2n) is 12.9. The van der Waals surface area contributed by atoms with Crippen LogP contribution in [0.1, 0.15) is 65.7 Å². The predicted octanol–water partition coefficient (Wildman–Crippen LogP) is 8.52. The van der Waals surface area contributed by atoms with E-state index < -0.39 is 5.41 Å². The molecule has 36 heavy (non-hydrogen) atoms. The predicted molar refractivity (Wildman–Crippen MR) is 150 cm³/mol. The van der Waals surface area contributed by atoms with Crippen LogP contribution < -0.4 is 0 Å². The lowest BCUT2D eigenvalue weighted by molar-refractivity contribution is 0.103. The molecule has 0 unspecified atom stereocenters. The van der Waals surface area contributed by atoms with Gasteiger partial charge in [0.2, 0.25) is 0 Å². The van der Waals surface area contributed by atoms with Gasteiger partial charge in [0.15, 0.2) is 5.78 Å². The van der Waals surface area contributed by atoms with E-state index in [0.29, 0.717) is 5.56 Å². The Labute approximate surface area is 216 Å². The van der Waals surface area contributed by atoms with Gasteiger partial charge in [-0.15, -0.1) is 6.42 Å². The SMILES string of the molecule is C#CC1=CC2=CC(C(C)(C)C)=CC3=CC(C(=O)c4ccccc4)=C4C=C(C(C)(C)C)C=C1[C@]4(C)[C@@]23C. The summed E-state index contributed by atoms with van der Waals surface area (Å²) >= 11 is 0. The van der Waals surface area contributed by atoms with E-state index in [1.807, 2.05) is 30.3 Å². The molecule has 2 atom stereocenters. The fourth-order valence-electron chi connectivity index (χ4n) is 6.19. The zero-order valence-electron chi connectivity index (χ0n) is 22.8. The van der Waals surface area contributed by atoms with Crippen LogP contribution in [-0.4, -0.2) is 5.78 Å². The average molecular weight is 473 g/mol. The quantitative estimate of drug-likeness (QED) is 0.311. The molecule has 0 aliphatic heterocycles. The molecule has 5 rings (SSSR count). The maximum Gasteiger partial charge on any atom is 0.193 e. The summed E-state index contributed by atoms with van der Waals surface area (Å²) in [5.74, 6) is 3.08. The molecule has 1 heteroatoms. The van der Waals surface area contributed by atoms with Crippen molar-refractivity contribution < 1.29 is 4.79 Å². The van der Waals surface area contributed by atoms with E-state index in [1.54, 1.807) is 0 Å². The number of rotatable bonds is 2.